The predicted octanol–water partition coefficient (Wildman–Crippen LogP) is 3.19. The van der Waals surface area contributed by atoms with Gasteiger partial charge in [0, 0.05) is 11.7 Å². The fourth-order valence-electron chi connectivity index (χ4n) is 1.47. The molecule has 1 aliphatic carbocycles. The van der Waals surface area contributed by atoms with E-state index in [9.17, 15) is 4.79 Å². The van der Waals surface area contributed by atoms with Crippen molar-refractivity contribution in [1.29, 1.82) is 0 Å². The molecular weight excluding hydrogens is 168 g/mol. The van der Waals surface area contributed by atoms with Crippen LogP contribution in [0.2, 0.25) is 0 Å². The van der Waals surface area contributed by atoms with E-state index in [4.69, 9.17) is 0 Å². The summed E-state index contributed by atoms with van der Waals surface area (Å²) < 4.78 is 0. The molecule has 1 nitrogen and oxygen atoms in total. The molecule has 0 amide bonds. The SMILES string of the molecule is CCCC(=O)SC1C[CH]CCC1. The van der Waals surface area contributed by atoms with Crippen molar-refractivity contribution in [3.63, 3.8) is 0 Å². The first kappa shape index (κ1) is 10.1. The van der Waals surface area contributed by atoms with Crippen molar-refractivity contribution in [3.05, 3.63) is 6.42 Å². The standard InChI is InChI=1S/C10H17OS/c1-2-6-10(11)12-9-7-4-3-5-8-9/h4,9H,2-3,5-8H2,1H3. The number of carbonyl (C=O) groups excluding carboxylic acids is 1. The third-order valence-electron chi connectivity index (χ3n) is 2.12. The Hall–Kier alpha value is 0.0200. The van der Waals surface area contributed by atoms with Crippen LogP contribution in [0.5, 0.6) is 0 Å². The first-order valence-electron chi connectivity index (χ1n) is 4.84. The third-order valence-corrected chi connectivity index (χ3v) is 3.34. The van der Waals surface area contributed by atoms with Crippen LogP contribution in [0.1, 0.15) is 45.4 Å². The van der Waals surface area contributed by atoms with Gasteiger partial charge in [0.05, 0.1) is 0 Å². The van der Waals surface area contributed by atoms with Gasteiger partial charge in [0.2, 0.25) is 0 Å². The van der Waals surface area contributed by atoms with Crippen LogP contribution >= 0.6 is 11.8 Å². The quantitative estimate of drug-likeness (QED) is 0.671. The summed E-state index contributed by atoms with van der Waals surface area (Å²) >= 11 is 1.57. The van der Waals surface area contributed by atoms with E-state index in [0.29, 0.717) is 10.4 Å². The van der Waals surface area contributed by atoms with E-state index in [-0.39, 0.29) is 0 Å². The van der Waals surface area contributed by atoms with Crippen molar-refractivity contribution in [3.8, 4) is 0 Å². The maximum atomic E-state index is 11.3. The number of carbonyl (C=O) groups is 1. The van der Waals surface area contributed by atoms with Crippen LogP contribution in [0.15, 0.2) is 0 Å². The van der Waals surface area contributed by atoms with Gasteiger partial charge in [-0.1, -0.05) is 31.5 Å². The lowest BCUT2D eigenvalue weighted by Gasteiger charge is -2.19. The van der Waals surface area contributed by atoms with Gasteiger partial charge in [0.25, 0.3) is 0 Å². The minimum atomic E-state index is 0.387. The molecule has 0 heterocycles. The molecule has 0 N–H and O–H groups in total. The average Bonchev–Trinajstić information content (AvgIpc) is 2.06. The van der Waals surface area contributed by atoms with Gasteiger partial charge in [0.15, 0.2) is 5.12 Å². The van der Waals surface area contributed by atoms with Crippen molar-refractivity contribution < 1.29 is 4.79 Å². The maximum Gasteiger partial charge on any atom is 0.189 e. The van der Waals surface area contributed by atoms with Gasteiger partial charge in [-0.3, -0.25) is 4.79 Å². The normalized spacial score (nSPS) is 19.4. The molecule has 1 rings (SSSR count). The molecule has 1 radical (unpaired) electrons. The van der Waals surface area contributed by atoms with E-state index in [1.807, 2.05) is 0 Å². The number of rotatable bonds is 3. The Bertz CT molecular complexity index is 139. The highest BCUT2D eigenvalue weighted by molar-refractivity contribution is 8.14. The zero-order chi connectivity index (χ0) is 8.81. The highest BCUT2D eigenvalue weighted by Gasteiger charge is 2.16. The van der Waals surface area contributed by atoms with Crippen LogP contribution in [0, 0.1) is 6.42 Å². The highest BCUT2D eigenvalue weighted by Crippen LogP contribution is 2.28. The molecule has 1 aliphatic rings. The molecule has 0 aromatic rings. The minimum Gasteiger partial charge on any atom is -0.287 e. The second-order valence-electron chi connectivity index (χ2n) is 3.32. The van der Waals surface area contributed by atoms with Crippen molar-refractivity contribution in [1.82, 2.24) is 0 Å². The van der Waals surface area contributed by atoms with Gasteiger partial charge in [-0.15, -0.1) is 0 Å². The predicted molar refractivity (Wildman–Crippen MR) is 54.1 cm³/mol. The Kier molecular flexibility index (Phi) is 4.74. The smallest absolute Gasteiger partial charge is 0.189 e. The van der Waals surface area contributed by atoms with Gasteiger partial charge in [0.1, 0.15) is 0 Å². The zero-order valence-electron chi connectivity index (χ0n) is 7.71. The molecule has 2 heteroatoms. The first-order valence-corrected chi connectivity index (χ1v) is 5.72. The van der Waals surface area contributed by atoms with Crippen LogP contribution in [0.3, 0.4) is 0 Å². The second-order valence-corrected chi connectivity index (χ2v) is 4.67. The number of thioether (sulfide) groups is 1. The Morgan fingerprint density at radius 3 is 3.08 bits per heavy atom. The van der Waals surface area contributed by atoms with E-state index in [2.05, 4.69) is 13.3 Å². The van der Waals surface area contributed by atoms with E-state index in [1.54, 1.807) is 11.8 Å². The van der Waals surface area contributed by atoms with Crippen LogP contribution in [-0.4, -0.2) is 10.4 Å². The summed E-state index contributed by atoms with van der Waals surface area (Å²) in [5.74, 6) is 0. The largest absolute Gasteiger partial charge is 0.287 e. The molecule has 0 saturated heterocycles. The van der Waals surface area contributed by atoms with E-state index in [1.165, 1.54) is 19.3 Å². The topological polar surface area (TPSA) is 17.1 Å². The molecule has 0 bridgehead atoms. The van der Waals surface area contributed by atoms with E-state index < -0.39 is 0 Å². The molecular formula is C10H17OS. The molecule has 0 aromatic carbocycles. The molecule has 1 atom stereocenters. The Morgan fingerprint density at radius 2 is 2.50 bits per heavy atom. The molecule has 0 aliphatic heterocycles. The summed E-state index contributed by atoms with van der Waals surface area (Å²) in [6.45, 7) is 2.06. The summed E-state index contributed by atoms with van der Waals surface area (Å²) in [4.78, 5) is 11.3. The van der Waals surface area contributed by atoms with Crippen LogP contribution in [0.25, 0.3) is 0 Å². The van der Waals surface area contributed by atoms with Crippen LogP contribution < -0.4 is 0 Å². The van der Waals surface area contributed by atoms with Gasteiger partial charge in [-0.2, -0.15) is 0 Å². The lowest BCUT2D eigenvalue weighted by atomic mass is 10.0. The van der Waals surface area contributed by atoms with Gasteiger partial charge < -0.3 is 0 Å². The van der Waals surface area contributed by atoms with Crippen molar-refractivity contribution in [2.75, 3.05) is 0 Å². The molecule has 1 unspecified atom stereocenters. The van der Waals surface area contributed by atoms with Gasteiger partial charge in [-0.25, -0.2) is 0 Å². The average molecular weight is 185 g/mol. The molecule has 69 valence electrons. The van der Waals surface area contributed by atoms with Crippen molar-refractivity contribution >= 4 is 16.9 Å². The monoisotopic (exact) mass is 185 g/mol. The summed E-state index contributed by atoms with van der Waals surface area (Å²) in [5, 5.41) is 0.982. The summed E-state index contributed by atoms with van der Waals surface area (Å²) in [5.41, 5.74) is 0. The Labute approximate surface area is 79.3 Å². The van der Waals surface area contributed by atoms with Crippen LogP contribution in [-0.2, 0) is 4.79 Å². The molecule has 0 spiro atoms. The maximum absolute atomic E-state index is 11.3. The first-order chi connectivity index (χ1) is 5.83. The third kappa shape index (κ3) is 3.61. The Morgan fingerprint density at radius 1 is 1.67 bits per heavy atom. The Balaban J connectivity index is 2.15. The summed E-state index contributed by atoms with van der Waals surface area (Å²) in [7, 11) is 0. The van der Waals surface area contributed by atoms with Gasteiger partial charge in [-0.05, 0) is 25.7 Å². The summed E-state index contributed by atoms with van der Waals surface area (Å²) in [6.07, 6.45) is 8.96. The van der Waals surface area contributed by atoms with Crippen LogP contribution in [0.4, 0.5) is 0 Å². The van der Waals surface area contributed by atoms with Crippen molar-refractivity contribution in [2.24, 2.45) is 0 Å². The lowest BCUT2D eigenvalue weighted by molar-refractivity contribution is -0.111. The number of hydrogen-bond donors (Lipinski definition) is 0. The second kappa shape index (κ2) is 5.63. The highest BCUT2D eigenvalue weighted by atomic mass is 32.2. The van der Waals surface area contributed by atoms with E-state index in [0.717, 1.165) is 19.3 Å². The minimum absolute atomic E-state index is 0.387. The molecule has 1 fully saturated rings. The number of hydrogen-bond acceptors (Lipinski definition) is 2. The molecule has 0 aromatic heterocycles. The molecule has 12 heavy (non-hydrogen) atoms. The zero-order valence-corrected chi connectivity index (χ0v) is 8.53. The van der Waals surface area contributed by atoms with E-state index >= 15 is 0 Å². The fourth-order valence-corrected chi connectivity index (χ4v) is 2.68. The summed E-state index contributed by atoms with van der Waals surface area (Å²) in [6, 6.07) is 0. The van der Waals surface area contributed by atoms with Gasteiger partial charge >= 0.3 is 0 Å². The molecule has 1 saturated carbocycles. The van der Waals surface area contributed by atoms with Crippen molar-refractivity contribution in [2.45, 2.75) is 50.7 Å². The fraction of sp³-hybridized carbons (Fsp3) is 0.800. The lowest BCUT2D eigenvalue weighted by Crippen LogP contribution is -2.11.